The zero-order valence-electron chi connectivity index (χ0n) is 21.9. The zero-order chi connectivity index (χ0) is 27.2. The van der Waals surface area contributed by atoms with Gasteiger partial charge in [-0.1, -0.05) is 61.2 Å². The van der Waals surface area contributed by atoms with Crippen LogP contribution in [-0.2, 0) is 33.9 Å². The Morgan fingerprint density at radius 1 is 1.03 bits per heavy atom. The highest BCUT2D eigenvalue weighted by molar-refractivity contribution is 5.91. The third kappa shape index (κ3) is 6.69. The molecule has 0 radical (unpaired) electrons. The number of carbonyl (C=O) groups excluding carboxylic acids is 3. The number of hydrogen-bond donors (Lipinski definition) is 4. The monoisotopic (exact) mass is 530 g/mol. The minimum absolute atomic E-state index is 0.0577. The fraction of sp³-hybridized carbons (Fsp3) is 0.414. The van der Waals surface area contributed by atoms with E-state index in [4.69, 9.17) is 5.21 Å². The smallest absolute Gasteiger partial charge is 0.244 e. The second-order valence-electron chi connectivity index (χ2n) is 10.5. The van der Waals surface area contributed by atoms with E-state index in [9.17, 15) is 14.4 Å². The molecule has 5 rings (SSSR count). The van der Waals surface area contributed by atoms with Crippen molar-refractivity contribution in [2.24, 2.45) is 11.8 Å². The summed E-state index contributed by atoms with van der Waals surface area (Å²) in [5, 5.41) is 22.9. The number of fused-ring (bicyclic) bond motifs is 3. The topological polar surface area (TPSA) is 138 Å². The molecule has 4 N–H and O–H groups in total. The van der Waals surface area contributed by atoms with Crippen molar-refractivity contribution in [1.29, 1.82) is 0 Å². The second kappa shape index (κ2) is 12.2. The number of aryl methyl sites for hydroxylation is 1. The molecule has 0 saturated heterocycles. The number of hydroxylamine groups is 1. The molecule has 1 aromatic heterocycles. The Kier molecular flexibility index (Phi) is 8.31. The molecule has 10 nitrogen and oxygen atoms in total. The Morgan fingerprint density at radius 2 is 1.82 bits per heavy atom. The summed E-state index contributed by atoms with van der Waals surface area (Å²) in [6, 6.07) is 14.4. The van der Waals surface area contributed by atoms with Crippen molar-refractivity contribution in [3.8, 4) is 11.1 Å². The normalized spacial score (nSPS) is 14.9. The zero-order valence-corrected chi connectivity index (χ0v) is 21.9. The van der Waals surface area contributed by atoms with E-state index in [0.717, 1.165) is 37.8 Å². The van der Waals surface area contributed by atoms with Gasteiger partial charge in [-0.3, -0.25) is 24.3 Å². The molecular weight excluding hydrogens is 496 g/mol. The highest BCUT2D eigenvalue weighted by Crippen LogP contribution is 2.37. The van der Waals surface area contributed by atoms with Gasteiger partial charge in [0.15, 0.2) is 0 Å². The van der Waals surface area contributed by atoms with Crippen LogP contribution in [0.3, 0.4) is 0 Å². The first-order valence-corrected chi connectivity index (χ1v) is 13.6. The molecule has 2 aromatic carbocycles. The molecule has 1 unspecified atom stereocenters. The minimum atomic E-state index is -0.567. The summed E-state index contributed by atoms with van der Waals surface area (Å²) in [5.41, 5.74) is 7.94. The van der Waals surface area contributed by atoms with E-state index in [0.29, 0.717) is 24.6 Å². The molecule has 3 aromatic rings. The van der Waals surface area contributed by atoms with Crippen LogP contribution in [0.25, 0.3) is 11.1 Å². The van der Waals surface area contributed by atoms with Gasteiger partial charge in [0, 0.05) is 24.4 Å². The molecule has 1 atom stereocenters. The van der Waals surface area contributed by atoms with Crippen molar-refractivity contribution in [2.75, 3.05) is 5.32 Å². The van der Waals surface area contributed by atoms with E-state index in [1.807, 2.05) is 24.3 Å². The molecule has 204 valence electrons. The molecule has 39 heavy (non-hydrogen) atoms. The van der Waals surface area contributed by atoms with Gasteiger partial charge in [0.25, 0.3) is 0 Å². The van der Waals surface area contributed by atoms with E-state index in [-0.39, 0.29) is 31.2 Å². The fourth-order valence-electron chi connectivity index (χ4n) is 5.71. The van der Waals surface area contributed by atoms with E-state index < -0.39 is 11.8 Å². The third-order valence-corrected chi connectivity index (χ3v) is 7.70. The second-order valence-corrected chi connectivity index (χ2v) is 10.5. The predicted octanol–water partition coefficient (Wildman–Crippen LogP) is 3.59. The quantitative estimate of drug-likeness (QED) is 0.173. The molecule has 10 heteroatoms. The van der Waals surface area contributed by atoms with E-state index in [1.165, 1.54) is 22.3 Å². The maximum atomic E-state index is 12.8. The molecule has 2 aliphatic carbocycles. The highest BCUT2D eigenvalue weighted by atomic mass is 16.5. The number of benzene rings is 2. The Hall–Kier alpha value is -4.05. The maximum absolute atomic E-state index is 12.8. The molecule has 0 aliphatic heterocycles. The van der Waals surface area contributed by atoms with E-state index in [1.54, 1.807) is 16.4 Å². The summed E-state index contributed by atoms with van der Waals surface area (Å²) >= 11 is 0. The molecule has 3 amide bonds. The maximum Gasteiger partial charge on any atom is 0.244 e. The van der Waals surface area contributed by atoms with Gasteiger partial charge in [-0.25, -0.2) is 5.48 Å². The van der Waals surface area contributed by atoms with Crippen molar-refractivity contribution in [1.82, 2.24) is 25.8 Å². The summed E-state index contributed by atoms with van der Waals surface area (Å²) in [4.78, 5) is 37.1. The average molecular weight is 531 g/mol. The van der Waals surface area contributed by atoms with Gasteiger partial charge in [-0.2, -0.15) is 0 Å². The van der Waals surface area contributed by atoms with Crippen LogP contribution in [0.1, 0.15) is 61.8 Å². The van der Waals surface area contributed by atoms with Gasteiger partial charge in [0.1, 0.15) is 5.69 Å². The lowest BCUT2D eigenvalue weighted by atomic mass is 9.90. The van der Waals surface area contributed by atoms with Gasteiger partial charge in [-0.15, -0.1) is 5.10 Å². The van der Waals surface area contributed by atoms with Crippen LogP contribution < -0.4 is 16.1 Å². The molecule has 0 spiro atoms. The first-order valence-electron chi connectivity index (χ1n) is 13.6. The van der Waals surface area contributed by atoms with Crippen molar-refractivity contribution in [2.45, 2.75) is 64.5 Å². The largest absolute Gasteiger partial charge is 0.350 e. The SMILES string of the molecule is O=C(CC(CC1CCCC1)C(=O)NCc1cn(CCC(=O)Nc2ccc3c(c2)Cc2ccccc2-3)nn1)NO. The summed E-state index contributed by atoms with van der Waals surface area (Å²) in [5.74, 6) is -1.01. The lowest BCUT2D eigenvalue weighted by molar-refractivity contribution is -0.135. The van der Waals surface area contributed by atoms with Crippen molar-refractivity contribution < 1.29 is 19.6 Å². The van der Waals surface area contributed by atoms with Crippen LogP contribution in [0.15, 0.2) is 48.7 Å². The summed E-state index contributed by atoms with van der Waals surface area (Å²) in [6.45, 7) is 0.522. The number of carbonyl (C=O) groups is 3. The van der Waals surface area contributed by atoms with Gasteiger partial charge < -0.3 is 10.6 Å². The van der Waals surface area contributed by atoms with Crippen molar-refractivity contribution >= 4 is 23.4 Å². The van der Waals surface area contributed by atoms with Crippen LogP contribution in [0, 0.1) is 11.8 Å². The van der Waals surface area contributed by atoms with Crippen LogP contribution in [-0.4, -0.2) is 37.9 Å². The number of hydrogen-bond acceptors (Lipinski definition) is 6. The van der Waals surface area contributed by atoms with Crippen LogP contribution in [0.2, 0.25) is 0 Å². The number of nitrogens with zero attached hydrogens (tertiary/aromatic N) is 3. The Labute approximate surface area is 227 Å². The van der Waals surface area contributed by atoms with Gasteiger partial charge in [0.05, 0.1) is 19.3 Å². The van der Waals surface area contributed by atoms with E-state index in [2.05, 4.69) is 39.1 Å². The van der Waals surface area contributed by atoms with Crippen LogP contribution >= 0.6 is 0 Å². The average Bonchev–Trinajstić information content (AvgIpc) is 3.70. The third-order valence-electron chi connectivity index (χ3n) is 7.70. The number of aromatic nitrogens is 3. The molecule has 2 aliphatic rings. The standard InChI is InChI=1S/C29H34N6O4/c36-27(31-23-9-10-26-21(15-23)14-20-7-3-4-8-25(20)26)11-12-35-18-24(32-34-35)17-30-29(38)22(16-28(37)33-39)13-19-5-1-2-6-19/h3-4,7-10,15,18-19,22,39H,1-2,5-6,11-14,16-17H2,(H,30,38)(H,31,36)(H,33,37). The van der Waals surface area contributed by atoms with Gasteiger partial charge in [-0.05, 0) is 53.1 Å². The number of rotatable bonds is 11. The van der Waals surface area contributed by atoms with Crippen molar-refractivity contribution in [3.05, 3.63) is 65.5 Å². The summed E-state index contributed by atoms with van der Waals surface area (Å²) < 4.78 is 1.58. The summed E-state index contributed by atoms with van der Waals surface area (Å²) in [6.07, 6.45) is 7.78. The predicted molar refractivity (Wildman–Crippen MR) is 144 cm³/mol. The van der Waals surface area contributed by atoms with Gasteiger partial charge in [0.2, 0.25) is 17.7 Å². The van der Waals surface area contributed by atoms with Crippen LogP contribution in [0.5, 0.6) is 0 Å². The lowest BCUT2D eigenvalue weighted by Crippen LogP contribution is -2.35. The minimum Gasteiger partial charge on any atom is -0.350 e. The molecule has 1 saturated carbocycles. The number of nitrogens with one attached hydrogen (secondary N) is 3. The summed E-state index contributed by atoms with van der Waals surface area (Å²) in [7, 11) is 0. The molecular formula is C29H34N6O4. The highest BCUT2D eigenvalue weighted by Gasteiger charge is 2.27. The molecule has 1 fully saturated rings. The Morgan fingerprint density at radius 3 is 2.64 bits per heavy atom. The van der Waals surface area contributed by atoms with E-state index >= 15 is 0 Å². The molecule has 1 heterocycles. The Bertz CT molecular complexity index is 1350. The first kappa shape index (κ1) is 26.6. The van der Waals surface area contributed by atoms with Crippen molar-refractivity contribution in [3.63, 3.8) is 0 Å². The lowest BCUT2D eigenvalue weighted by Gasteiger charge is -2.19. The Balaban J connectivity index is 1.08. The molecule has 0 bridgehead atoms. The van der Waals surface area contributed by atoms with Crippen LogP contribution in [0.4, 0.5) is 5.69 Å². The van der Waals surface area contributed by atoms with Gasteiger partial charge >= 0.3 is 0 Å². The first-order chi connectivity index (χ1) is 19.0. The number of anilines is 1. The number of amides is 3. The fourth-order valence-corrected chi connectivity index (χ4v) is 5.71.